The van der Waals surface area contributed by atoms with E-state index in [0.717, 1.165) is 29.8 Å². The fraction of sp³-hybridized carbons (Fsp3) is 0.250. The number of nitrogens with zero attached hydrogens (tertiary/aromatic N) is 3. The van der Waals surface area contributed by atoms with Gasteiger partial charge in [0.1, 0.15) is 0 Å². The number of hydrogen-bond donors (Lipinski definition) is 2. The Morgan fingerprint density at radius 1 is 1.06 bits per heavy atom. The Bertz CT molecular complexity index is 1350. The lowest BCUT2D eigenvalue weighted by Gasteiger charge is -2.09. The van der Waals surface area contributed by atoms with Crippen molar-refractivity contribution in [2.45, 2.75) is 32.7 Å². The first kappa shape index (κ1) is 21.3. The van der Waals surface area contributed by atoms with Crippen LogP contribution in [0.1, 0.15) is 24.1 Å². The van der Waals surface area contributed by atoms with E-state index in [1.807, 2.05) is 48.1 Å². The molecule has 8 heteroatoms. The van der Waals surface area contributed by atoms with Crippen LogP contribution in [0.2, 0.25) is 0 Å². The maximum atomic E-state index is 12.3. The van der Waals surface area contributed by atoms with Crippen molar-refractivity contribution >= 4 is 16.8 Å². The molecule has 32 heavy (non-hydrogen) atoms. The smallest absolute Gasteiger partial charge is 0.328 e. The lowest BCUT2D eigenvalue weighted by atomic mass is 10.1. The third-order valence-corrected chi connectivity index (χ3v) is 5.43. The maximum Gasteiger partial charge on any atom is 0.328 e. The summed E-state index contributed by atoms with van der Waals surface area (Å²) < 4.78 is 3.30. The minimum Gasteiger partial charge on any atom is -0.356 e. The van der Waals surface area contributed by atoms with Crippen molar-refractivity contribution < 1.29 is 4.79 Å². The molecule has 2 aromatic carbocycles. The fourth-order valence-corrected chi connectivity index (χ4v) is 3.73. The quantitative estimate of drug-likeness (QED) is 0.418. The normalized spacial score (nSPS) is 11.0. The van der Waals surface area contributed by atoms with Crippen molar-refractivity contribution in [2.24, 2.45) is 0 Å². The number of fused-ring (bicyclic) bond motifs is 1. The molecule has 0 atom stereocenters. The van der Waals surface area contributed by atoms with Gasteiger partial charge in [-0.25, -0.2) is 9.48 Å². The molecule has 2 N–H and O–H groups in total. The summed E-state index contributed by atoms with van der Waals surface area (Å²) in [4.78, 5) is 38.7. The second-order valence-corrected chi connectivity index (χ2v) is 7.65. The summed E-state index contributed by atoms with van der Waals surface area (Å²) in [5.74, 6) is -0.135. The highest BCUT2D eigenvalue weighted by molar-refractivity contribution is 5.78. The third-order valence-electron chi connectivity index (χ3n) is 5.43. The van der Waals surface area contributed by atoms with Gasteiger partial charge in [-0.1, -0.05) is 30.3 Å². The molecular formula is C24H25N5O3. The fourth-order valence-electron chi connectivity index (χ4n) is 3.73. The van der Waals surface area contributed by atoms with Crippen molar-refractivity contribution in [1.29, 1.82) is 0 Å². The van der Waals surface area contributed by atoms with E-state index in [1.165, 1.54) is 4.57 Å². The summed E-state index contributed by atoms with van der Waals surface area (Å²) in [6.07, 6.45) is 3.78. The van der Waals surface area contributed by atoms with Gasteiger partial charge in [0.2, 0.25) is 5.91 Å². The van der Waals surface area contributed by atoms with Crippen LogP contribution in [0.25, 0.3) is 16.6 Å². The topological polar surface area (TPSA) is 102 Å². The van der Waals surface area contributed by atoms with E-state index in [4.69, 9.17) is 0 Å². The first-order valence-electron chi connectivity index (χ1n) is 10.6. The van der Waals surface area contributed by atoms with Crippen LogP contribution in [-0.2, 0) is 17.8 Å². The van der Waals surface area contributed by atoms with Crippen molar-refractivity contribution in [2.75, 3.05) is 6.54 Å². The predicted molar refractivity (Wildman–Crippen MR) is 123 cm³/mol. The first-order chi connectivity index (χ1) is 15.5. The van der Waals surface area contributed by atoms with Crippen LogP contribution in [0.3, 0.4) is 0 Å². The highest BCUT2D eigenvalue weighted by atomic mass is 16.2. The van der Waals surface area contributed by atoms with Crippen LogP contribution in [0.4, 0.5) is 0 Å². The molecule has 2 aromatic heterocycles. The zero-order valence-corrected chi connectivity index (χ0v) is 17.9. The van der Waals surface area contributed by atoms with Gasteiger partial charge in [-0.3, -0.25) is 19.1 Å². The Morgan fingerprint density at radius 3 is 2.62 bits per heavy atom. The molecule has 0 saturated heterocycles. The van der Waals surface area contributed by atoms with Gasteiger partial charge in [-0.15, -0.1) is 0 Å². The number of hydrogen-bond acceptors (Lipinski definition) is 4. The molecule has 0 bridgehead atoms. The van der Waals surface area contributed by atoms with Gasteiger partial charge in [0.15, 0.2) is 0 Å². The largest absolute Gasteiger partial charge is 0.356 e. The number of carbonyl (C=O) groups is 1. The van der Waals surface area contributed by atoms with Crippen LogP contribution >= 0.6 is 0 Å². The molecule has 4 rings (SSSR count). The molecule has 0 unspecified atom stereocenters. The van der Waals surface area contributed by atoms with Gasteiger partial charge in [0.05, 0.1) is 22.3 Å². The van der Waals surface area contributed by atoms with Crippen LogP contribution < -0.4 is 16.6 Å². The summed E-state index contributed by atoms with van der Waals surface area (Å²) in [5.41, 5.74) is 2.74. The van der Waals surface area contributed by atoms with Crippen molar-refractivity contribution in [3.8, 4) is 5.69 Å². The zero-order valence-electron chi connectivity index (χ0n) is 17.9. The van der Waals surface area contributed by atoms with Crippen LogP contribution in [0.5, 0.6) is 0 Å². The Labute approximate surface area is 184 Å². The summed E-state index contributed by atoms with van der Waals surface area (Å²) in [7, 11) is 0. The average molecular weight is 431 g/mol. The minimum atomic E-state index is -0.507. The average Bonchev–Trinajstić information content (AvgIpc) is 3.17. The molecule has 0 aliphatic carbocycles. The molecule has 164 valence electrons. The Balaban J connectivity index is 1.29. The van der Waals surface area contributed by atoms with Gasteiger partial charge in [0, 0.05) is 25.7 Å². The number of para-hydroxylation sites is 2. The minimum absolute atomic E-state index is 0.135. The maximum absolute atomic E-state index is 12.3. The summed E-state index contributed by atoms with van der Waals surface area (Å²) >= 11 is 0. The Kier molecular flexibility index (Phi) is 6.30. The van der Waals surface area contributed by atoms with E-state index in [1.54, 1.807) is 24.3 Å². The van der Waals surface area contributed by atoms with E-state index < -0.39 is 11.2 Å². The number of aromatic nitrogens is 4. The molecule has 0 radical (unpaired) electrons. The van der Waals surface area contributed by atoms with Gasteiger partial charge < -0.3 is 5.32 Å². The molecule has 1 amide bonds. The second-order valence-electron chi connectivity index (χ2n) is 7.65. The third kappa shape index (κ3) is 4.69. The molecule has 0 spiro atoms. The molecule has 0 aliphatic rings. The number of nitrogens with one attached hydrogen (secondary N) is 2. The van der Waals surface area contributed by atoms with E-state index in [2.05, 4.69) is 15.4 Å². The molecule has 0 fully saturated rings. The molecule has 0 saturated carbocycles. The van der Waals surface area contributed by atoms with Crippen molar-refractivity contribution in [3.05, 3.63) is 92.9 Å². The monoisotopic (exact) mass is 431 g/mol. The van der Waals surface area contributed by atoms with Crippen LogP contribution in [-0.4, -0.2) is 31.8 Å². The summed E-state index contributed by atoms with van der Waals surface area (Å²) in [6.45, 7) is 2.72. The van der Waals surface area contributed by atoms with Gasteiger partial charge in [0.25, 0.3) is 5.56 Å². The number of aromatic amines is 1. The molecule has 0 aliphatic heterocycles. The number of benzene rings is 2. The van der Waals surface area contributed by atoms with E-state index >= 15 is 0 Å². The lowest BCUT2D eigenvalue weighted by molar-refractivity contribution is -0.121. The standard InChI is InChI=1S/C24H25N5O3/c1-17-18(16-29(27-17)19-9-3-2-4-10-19)8-7-14-25-22(30)13-15-28-21-12-6-5-11-20(21)23(31)26-24(28)32/h2-6,9-12,16H,7-8,13-15H2,1H3,(H,25,30)(H,26,31,32). The molecular weight excluding hydrogens is 406 g/mol. The van der Waals surface area contributed by atoms with Crippen LogP contribution in [0, 0.1) is 6.92 Å². The van der Waals surface area contributed by atoms with E-state index in [-0.39, 0.29) is 18.9 Å². The molecule has 8 nitrogen and oxygen atoms in total. The van der Waals surface area contributed by atoms with Gasteiger partial charge in [-0.05, 0) is 49.6 Å². The zero-order chi connectivity index (χ0) is 22.5. The second kappa shape index (κ2) is 9.47. The van der Waals surface area contributed by atoms with Gasteiger partial charge >= 0.3 is 5.69 Å². The highest BCUT2D eigenvalue weighted by Gasteiger charge is 2.10. The molecule has 4 aromatic rings. The Morgan fingerprint density at radius 2 is 1.81 bits per heavy atom. The highest BCUT2D eigenvalue weighted by Crippen LogP contribution is 2.13. The van der Waals surface area contributed by atoms with Crippen molar-refractivity contribution in [3.63, 3.8) is 0 Å². The van der Waals surface area contributed by atoms with E-state index in [9.17, 15) is 14.4 Å². The number of rotatable bonds is 8. The summed E-state index contributed by atoms with van der Waals surface area (Å²) in [6, 6.07) is 16.8. The van der Waals surface area contributed by atoms with Crippen molar-refractivity contribution in [1.82, 2.24) is 24.6 Å². The van der Waals surface area contributed by atoms with E-state index in [0.29, 0.717) is 17.4 Å². The Hall–Kier alpha value is -3.94. The number of aryl methyl sites for hydroxylation is 3. The molecule has 2 heterocycles. The summed E-state index contributed by atoms with van der Waals surface area (Å²) in [5, 5.41) is 7.90. The predicted octanol–water partition coefficient (Wildman–Crippen LogP) is 2.32. The van der Waals surface area contributed by atoms with Crippen LogP contribution in [0.15, 0.2) is 70.4 Å². The first-order valence-corrected chi connectivity index (χ1v) is 10.6. The number of amides is 1. The lowest BCUT2D eigenvalue weighted by Crippen LogP contribution is -2.32. The number of carbonyl (C=O) groups excluding carboxylic acids is 1. The number of H-pyrrole nitrogens is 1. The SMILES string of the molecule is Cc1nn(-c2ccccc2)cc1CCCNC(=O)CCn1c(=O)[nH]c(=O)c2ccccc21. The van der Waals surface area contributed by atoms with Gasteiger partial charge in [-0.2, -0.15) is 5.10 Å².